The molecule has 0 radical (unpaired) electrons. The van der Waals surface area contributed by atoms with Gasteiger partial charge in [0.15, 0.2) is 0 Å². The van der Waals surface area contributed by atoms with E-state index < -0.39 is 11.6 Å². The Balaban J connectivity index is 1.58. The monoisotopic (exact) mass is 333 g/mol. The minimum atomic E-state index is -0.586. The second-order valence-corrected chi connectivity index (χ2v) is 6.64. The Labute approximate surface area is 139 Å². The number of halogens is 2. The highest BCUT2D eigenvalue weighted by atomic mass is 19.1. The summed E-state index contributed by atoms with van der Waals surface area (Å²) in [5.74, 6) is -1.45. The van der Waals surface area contributed by atoms with Crippen LogP contribution in [-0.4, -0.2) is 22.1 Å². The van der Waals surface area contributed by atoms with Gasteiger partial charge in [-0.3, -0.25) is 9.89 Å². The van der Waals surface area contributed by atoms with Crippen molar-refractivity contribution in [2.75, 3.05) is 0 Å². The van der Waals surface area contributed by atoms with Crippen LogP contribution < -0.4 is 5.32 Å². The summed E-state index contributed by atoms with van der Waals surface area (Å²) in [5, 5.41) is 10.0. The fourth-order valence-corrected chi connectivity index (χ4v) is 3.10. The number of hydrogen-bond acceptors (Lipinski definition) is 2. The first-order chi connectivity index (χ1) is 11.4. The highest BCUT2D eigenvalue weighted by molar-refractivity contribution is 5.79. The minimum absolute atomic E-state index is 0.0509. The number of rotatable bonds is 5. The van der Waals surface area contributed by atoms with Crippen LogP contribution in [0.1, 0.15) is 41.8 Å². The number of aromatic nitrogens is 2. The van der Waals surface area contributed by atoms with Crippen molar-refractivity contribution >= 4 is 5.91 Å². The maximum atomic E-state index is 13.8. The summed E-state index contributed by atoms with van der Waals surface area (Å²) in [6.45, 7) is 5.73. The second kappa shape index (κ2) is 6.34. The first-order valence-electron chi connectivity index (χ1n) is 8.12. The molecule has 2 aromatic rings. The molecule has 1 aliphatic carbocycles. The highest BCUT2D eigenvalue weighted by Crippen LogP contribution is 2.42. The van der Waals surface area contributed by atoms with Gasteiger partial charge in [0.2, 0.25) is 5.91 Å². The molecule has 1 aromatic heterocycles. The molecule has 6 heteroatoms. The number of aromatic amines is 1. The van der Waals surface area contributed by atoms with Crippen molar-refractivity contribution in [3.8, 4) is 0 Å². The molecule has 0 bridgehead atoms. The van der Waals surface area contributed by atoms with Crippen molar-refractivity contribution in [3.05, 3.63) is 52.3 Å². The van der Waals surface area contributed by atoms with Gasteiger partial charge in [-0.2, -0.15) is 5.10 Å². The van der Waals surface area contributed by atoms with E-state index in [9.17, 15) is 13.6 Å². The lowest BCUT2D eigenvalue weighted by molar-refractivity contribution is -0.124. The molecule has 0 aliphatic heterocycles. The summed E-state index contributed by atoms with van der Waals surface area (Å²) in [6, 6.07) is 3.53. The van der Waals surface area contributed by atoms with Crippen molar-refractivity contribution in [2.24, 2.45) is 5.92 Å². The van der Waals surface area contributed by atoms with Crippen molar-refractivity contribution in [2.45, 2.75) is 45.6 Å². The Hall–Kier alpha value is -2.24. The van der Waals surface area contributed by atoms with Crippen LogP contribution >= 0.6 is 0 Å². The van der Waals surface area contributed by atoms with E-state index in [1.807, 2.05) is 20.8 Å². The predicted octanol–water partition coefficient (Wildman–Crippen LogP) is 3.16. The third-order valence-corrected chi connectivity index (χ3v) is 4.72. The molecule has 1 fully saturated rings. The Morgan fingerprint density at radius 3 is 2.79 bits per heavy atom. The zero-order chi connectivity index (χ0) is 17.4. The topological polar surface area (TPSA) is 57.8 Å². The number of amides is 1. The van der Waals surface area contributed by atoms with E-state index in [2.05, 4.69) is 15.5 Å². The van der Waals surface area contributed by atoms with Gasteiger partial charge in [0.05, 0.1) is 5.69 Å². The third-order valence-electron chi connectivity index (χ3n) is 4.72. The van der Waals surface area contributed by atoms with E-state index in [4.69, 9.17) is 0 Å². The predicted molar refractivity (Wildman–Crippen MR) is 86.6 cm³/mol. The van der Waals surface area contributed by atoms with Gasteiger partial charge in [0.25, 0.3) is 0 Å². The molecule has 1 amide bonds. The molecule has 1 aromatic carbocycles. The normalized spacial score (nSPS) is 20.7. The van der Waals surface area contributed by atoms with Crippen LogP contribution in [-0.2, 0) is 11.2 Å². The molecule has 3 rings (SSSR count). The molecule has 4 nitrogen and oxygen atoms in total. The number of nitrogens with one attached hydrogen (secondary N) is 2. The lowest BCUT2D eigenvalue weighted by Gasteiger charge is -2.12. The summed E-state index contributed by atoms with van der Waals surface area (Å²) in [7, 11) is 0. The van der Waals surface area contributed by atoms with Gasteiger partial charge in [-0.05, 0) is 43.9 Å². The van der Waals surface area contributed by atoms with Gasteiger partial charge in [-0.1, -0.05) is 13.0 Å². The van der Waals surface area contributed by atoms with Gasteiger partial charge >= 0.3 is 0 Å². The molecule has 1 heterocycles. The van der Waals surface area contributed by atoms with Gasteiger partial charge in [0.1, 0.15) is 11.6 Å². The Bertz CT molecular complexity index is 752. The van der Waals surface area contributed by atoms with Gasteiger partial charge < -0.3 is 5.32 Å². The summed E-state index contributed by atoms with van der Waals surface area (Å²) in [4.78, 5) is 12.4. The average Bonchev–Trinajstić information content (AvgIpc) is 3.20. The molecule has 1 saturated carbocycles. The molecule has 1 aliphatic rings. The van der Waals surface area contributed by atoms with Crippen LogP contribution in [0, 0.1) is 31.4 Å². The summed E-state index contributed by atoms with van der Waals surface area (Å²) in [5.41, 5.74) is 3.42. The first kappa shape index (κ1) is 16.6. The van der Waals surface area contributed by atoms with Crippen LogP contribution in [0.4, 0.5) is 8.78 Å². The molecule has 0 unspecified atom stereocenters. The third kappa shape index (κ3) is 3.32. The Kier molecular flexibility index (Phi) is 4.39. The molecule has 0 spiro atoms. The summed E-state index contributed by atoms with van der Waals surface area (Å²) in [6.07, 6.45) is 1.30. The maximum absolute atomic E-state index is 13.8. The van der Waals surface area contributed by atoms with Crippen LogP contribution in [0.15, 0.2) is 18.2 Å². The maximum Gasteiger partial charge on any atom is 0.223 e. The number of carbonyl (C=O) groups is 1. The van der Waals surface area contributed by atoms with Crippen LogP contribution in [0.2, 0.25) is 0 Å². The fraction of sp³-hybridized carbons (Fsp3) is 0.444. The Morgan fingerprint density at radius 2 is 2.17 bits per heavy atom. The van der Waals surface area contributed by atoms with E-state index in [1.165, 1.54) is 12.1 Å². The number of nitrogens with zero attached hydrogens (tertiary/aromatic N) is 1. The first-order valence-corrected chi connectivity index (χ1v) is 8.12. The van der Waals surface area contributed by atoms with E-state index in [-0.39, 0.29) is 23.8 Å². The molecular formula is C18H21F2N3O. The standard InChI is InChI=1S/C18H21F2N3O/c1-9(6-14-10(2)22-23-11(14)3)18(24)21-17-8-15(17)13-5-4-12(19)7-16(13)20/h4-5,7,9,15,17H,6,8H2,1-3H3,(H,21,24)(H,22,23)/t9-,15+,17+/m0/s1. The van der Waals surface area contributed by atoms with Crippen LogP contribution in [0.5, 0.6) is 0 Å². The number of hydrogen-bond donors (Lipinski definition) is 2. The second-order valence-electron chi connectivity index (χ2n) is 6.64. The zero-order valence-electron chi connectivity index (χ0n) is 14.0. The number of carbonyl (C=O) groups excluding carboxylic acids is 1. The van der Waals surface area contributed by atoms with E-state index in [0.29, 0.717) is 18.4 Å². The van der Waals surface area contributed by atoms with Crippen molar-refractivity contribution in [3.63, 3.8) is 0 Å². The van der Waals surface area contributed by atoms with Crippen molar-refractivity contribution in [1.29, 1.82) is 0 Å². The SMILES string of the molecule is Cc1n[nH]c(C)c1C[C@H](C)C(=O)N[C@@H]1C[C@@H]1c1ccc(F)cc1F. The van der Waals surface area contributed by atoms with E-state index in [1.54, 1.807) is 0 Å². The van der Waals surface area contributed by atoms with Gasteiger partial charge in [-0.25, -0.2) is 8.78 Å². The average molecular weight is 333 g/mol. The van der Waals surface area contributed by atoms with Crippen molar-refractivity contribution < 1.29 is 13.6 Å². The summed E-state index contributed by atoms with van der Waals surface area (Å²) < 4.78 is 26.8. The highest BCUT2D eigenvalue weighted by Gasteiger charge is 2.41. The van der Waals surface area contributed by atoms with Crippen molar-refractivity contribution in [1.82, 2.24) is 15.5 Å². The molecule has 0 saturated heterocycles. The quantitative estimate of drug-likeness (QED) is 0.883. The fourth-order valence-electron chi connectivity index (χ4n) is 3.10. The molecule has 2 N–H and O–H groups in total. The van der Waals surface area contributed by atoms with Crippen LogP contribution in [0.3, 0.4) is 0 Å². The van der Waals surface area contributed by atoms with Gasteiger partial charge in [-0.15, -0.1) is 0 Å². The van der Waals surface area contributed by atoms with E-state index in [0.717, 1.165) is 23.0 Å². The number of aryl methyl sites for hydroxylation is 2. The number of H-pyrrole nitrogens is 1. The minimum Gasteiger partial charge on any atom is -0.352 e. The lowest BCUT2D eigenvalue weighted by atomic mass is 9.99. The lowest BCUT2D eigenvalue weighted by Crippen LogP contribution is -2.32. The smallest absolute Gasteiger partial charge is 0.223 e. The largest absolute Gasteiger partial charge is 0.352 e. The zero-order valence-corrected chi connectivity index (χ0v) is 14.0. The van der Waals surface area contributed by atoms with Crippen LogP contribution in [0.25, 0.3) is 0 Å². The molecule has 128 valence electrons. The van der Waals surface area contributed by atoms with Gasteiger partial charge in [0, 0.05) is 29.6 Å². The summed E-state index contributed by atoms with van der Waals surface area (Å²) >= 11 is 0. The number of benzene rings is 1. The molecule has 24 heavy (non-hydrogen) atoms. The molecular weight excluding hydrogens is 312 g/mol. The molecule has 3 atom stereocenters. The Morgan fingerprint density at radius 1 is 1.42 bits per heavy atom. The van der Waals surface area contributed by atoms with E-state index >= 15 is 0 Å².